The van der Waals surface area contributed by atoms with Crippen molar-refractivity contribution in [2.75, 3.05) is 19.9 Å². The van der Waals surface area contributed by atoms with Crippen LogP contribution in [-0.2, 0) is 0 Å². The summed E-state index contributed by atoms with van der Waals surface area (Å²) in [4.78, 5) is 16.6. The average Bonchev–Trinajstić information content (AvgIpc) is 3.27. The third kappa shape index (κ3) is 2.53. The number of carbonyl (C=O) groups excluding carboxylic acids is 1. The summed E-state index contributed by atoms with van der Waals surface area (Å²) in [5.41, 5.74) is 1.39. The Hall–Kier alpha value is -2.12. The number of amides is 1. The van der Waals surface area contributed by atoms with Crippen LogP contribution in [-0.4, -0.2) is 36.8 Å². The smallest absolute Gasteiger partial charge is 0.271 e. The summed E-state index contributed by atoms with van der Waals surface area (Å²) in [5, 5.41) is 8.81. The van der Waals surface area contributed by atoms with Crippen molar-refractivity contribution in [2.45, 2.75) is 12.5 Å². The highest BCUT2D eigenvalue weighted by Gasteiger charge is 2.20. The van der Waals surface area contributed by atoms with Crippen molar-refractivity contribution in [1.82, 2.24) is 15.6 Å². The molecule has 22 heavy (non-hydrogen) atoms. The maximum absolute atomic E-state index is 12.2. The van der Waals surface area contributed by atoms with Gasteiger partial charge in [0.05, 0.1) is 0 Å². The van der Waals surface area contributed by atoms with E-state index in [1.54, 1.807) is 5.38 Å². The Morgan fingerprint density at radius 3 is 3.14 bits per heavy atom. The normalized spacial score (nSPS) is 19.4. The van der Waals surface area contributed by atoms with E-state index in [-0.39, 0.29) is 18.7 Å². The molecule has 2 N–H and O–H groups in total. The van der Waals surface area contributed by atoms with Crippen LogP contribution in [0.25, 0.3) is 10.6 Å². The molecule has 0 radical (unpaired) electrons. The van der Waals surface area contributed by atoms with Crippen LogP contribution >= 0.6 is 11.3 Å². The molecule has 3 heterocycles. The average molecular weight is 317 g/mol. The van der Waals surface area contributed by atoms with E-state index in [1.165, 1.54) is 11.3 Å². The number of nitrogens with one attached hydrogen (secondary N) is 2. The van der Waals surface area contributed by atoms with E-state index < -0.39 is 0 Å². The van der Waals surface area contributed by atoms with Gasteiger partial charge in [0.25, 0.3) is 5.91 Å². The van der Waals surface area contributed by atoms with Crippen molar-refractivity contribution < 1.29 is 14.3 Å². The van der Waals surface area contributed by atoms with E-state index in [4.69, 9.17) is 9.47 Å². The predicted octanol–water partition coefficient (Wildman–Crippen LogP) is 1.63. The summed E-state index contributed by atoms with van der Waals surface area (Å²) in [7, 11) is 0. The Bertz CT molecular complexity index is 710. The highest BCUT2D eigenvalue weighted by molar-refractivity contribution is 7.13. The van der Waals surface area contributed by atoms with Crippen LogP contribution in [0.1, 0.15) is 16.9 Å². The topological polar surface area (TPSA) is 72.5 Å². The number of rotatable bonds is 3. The second kappa shape index (κ2) is 5.58. The zero-order valence-electron chi connectivity index (χ0n) is 11.8. The van der Waals surface area contributed by atoms with Crippen LogP contribution < -0.4 is 20.1 Å². The van der Waals surface area contributed by atoms with Crippen molar-refractivity contribution in [1.29, 1.82) is 0 Å². The van der Waals surface area contributed by atoms with Gasteiger partial charge in [0.1, 0.15) is 10.7 Å². The summed E-state index contributed by atoms with van der Waals surface area (Å²) in [6.45, 7) is 2.02. The highest BCUT2D eigenvalue weighted by atomic mass is 32.1. The summed E-state index contributed by atoms with van der Waals surface area (Å²) < 4.78 is 10.7. The van der Waals surface area contributed by atoms with Gasteiger partial charge in [-0.3, -0.25) is 4.79 Å². The Morgan fingerprint density at radius 1 is 1.36 bits per heavy atom. The number of carbonyl (C=O) groups is 1. The van der Waals surface area contributed by atoms with Crippen LogP contribution in [0.15, 0.2) is 23.6 Å². The van der Waals surface area contributed by atoms with Gasteiger partial charge in [-0.05, 0) is 31.2 Å². The van der Waals surface area contributed by atoms with Gasteiger partial charge in [-0.2, -0.15) is 0 Å². The van der Waals surface area contributed by atoms with Gasteiger partial charge in [0, 0.05) is 23.5 Å². The van der Waals surface area contributed by atoms with Crippen molar-refractivity contribution >= 4 is 17.2 Å². The van der Waals surface area contributed by atoms with E-state index in [9.17, 15) is 4.79 Å². The number of hydrogen-bond acceptors (Lipinski definition) is 6. The van der Waals surface area contributed by atoms with Crippen LogP contribution in [0.4, 0.5) is 0 Å². The minimum absolute atomic E-state index is 0.114. The molecule has 1 unspecified atom stereocenters. The SMILES string of the molecule is O=C(NC1CCNC1)c1csc(-c2ccc3c(c2)OCO3)n1. The number of ether oxygens (including phenoxy) is 2. The van der Waals surface area contributed by atoms with Gasteiger partial charge in [0.2, 0.25) is 6.79 Å². The molecular weight excluding hydrogens is 302 g/mol. The summed E-state index contributed by atoms with van der Waals surface area (Å²) in [6, 6.07) is 5.88. The number of nitrogens with zero attached hydrogens (tertiary/aromatic N) is 1. The first-order valence-electron chi connectivity index (χ1n) is 7.17. The van der Waals surface area contributed by atoms with E-state index in [2.05, 4.69) is 15.6 Å². The Labute approximate surface area is 131 Å². The third-order valence-electron chi connectivity index (χ3n) is 3.75. The fourth-order valence-electron chi connectivity index (χ4n) is 2.58. The third-order valence-corrected chi connectivity index (χ3v) is 4.64. The number of aromatic nitrogens is 1. The summed E-state index contributed by atoms with van der Waals surface area (Å²) >= 11 is 1.45. The first-order chi connectivity index (χ1) is 10.8. The second-order valence-electron chi connectivity index (χ2n) is 5.27. The lowest BCUT2D eigenvalue weighted by atomic mass is 10.2. The predicted molar refractivity (Wildman–Crippen MR) is 82.4 cm³/mol. The summed E-state index contributed by atoms with van der Waals surface area (Å²) in [6.07, 6.45) is 0.963. The maximum atomic E-state index is 12.2. The minimum atomic E-state index is -0.114. The van der Waals surface area contributed by atoms with Gasteiger partial charge in [-0.15, -0.1) is 11.3 Å². The molecule has 6 nitrogen and oxygen atoms in total. The molecule has 4 rings (SSSR count). The lowest BCUT2D eigenvalue weighted by Gasteiger charge is -2.09. The van der Waals surface area contributed by atoms with Gasteiger partial charge in [-0.1, -0.05) is 0 Å². The molecule has 0 spiro atoms. The van der Waals surface area contributed by atoms with Gasteiger partial charge >= 0.3 is 0 Å². The largest absolute Gasteiger partial charge is 0.454 e. The molecule has 7 heteroatoms. The van der Waals surface area contributed by atoms with Crippen LogP contribution in [0.3, 0.4) is 0 Å². The van der Waals surface area contributed by atoms with Crippen LogP contribution in [0.5, 0.6) is 11.5 Å². The van der Waals surface area contributed by atoms with Crippen LogP contribution in [0, 0.1) is 0 Å². The highest BCUT2D eigenvalue weighted by Crippen LogP contribution is 2.36. The minimum Gasteiger partial charge on any atom is -0.454 e. The fourth-order valence-corrected chi connectivity index (χ4v) is 3.37. The lowest BCUT2D eigenvalue weighted by molar-refractivity contribution is 0.0936. The lowest BCUT2D eigenvalue weighted by Crippen LogP contribution is -2.36. The maximum Gasteiger partial charge on any atom is 0.271 e. The zero-order valence-corrected chi connectivity index (χ0v) is 12.6. The molecule has 0 aliphatic carbocycles. The zero-order chi connectivity index (χ0) is 14.9. The Kier molecular flexibility index (Phi) is 3.44. The molecule has 2 aliphatic heterocycles. The fraction of sp³-hybridized carbons (Fsp3) is 0.333. The molecule has 2 aromatic rings. The Balaban J connectivity index is 1.52. The van der Waals surface area contributed by atoms with Crippen molar-refractivity contribution in [3.05, 3.63) is 29.3 Å². The van der Waals surface area contributed by atoms with Crippen LogP contribution in [0.2, 0.25) is 0 Å². The molecule has 1 saturated heterocycles. The number of benzene rings is 1. The van der Waals surface area contributed by atoms with E-state index >= 15 is 0 Å². The van der Waals surface area contributed by atoms with Gasteiger partial charge < -0.3 is 20.1 Å². The first-order valence-corrected chi connectivity index (χ1v) is 8.05. The van der Waals surface area contributed by atoms with Crippen molar-refractivity contribution in [3.63, 3.8) is 0 Å². The first kappa shape index (κ1) is 13.5. The van der Waals surface area contributed by atoms with E-state index in [0.29, 0.717) is 5.69 Å². The molecule has 1 amide bonds. The molecule has 1 atom stereocenters. The molecule has 1 aromatic carbocycles. The molecule has 1 aromatic heterocycles. The van der Waals surface area contributed by atoms with Gasteiger partial charge in [-0.25, -0.2) is 4.98 Å². The standard InChI is InChI=1S/C15H15N3O3S/c19-14(17-10-3-4-16-6-10)11-7-22-15(18-11)9-1-2-12-13(5-9)21-8-20-12/h1-2,5,7,10,16H,3-4,6,8H2,(H,17,19). The molecule has 2 aliphatic rings. The number of thiazole rings is 1. The molecule has 114 valence electrons. The van der Waals surface area contributed by atoms with Crippen molar-refractivity contribution in [3.8, 4) is 22.1 Å². The van der Waals surface area contributed by atoms with Crippen molar-refractivity contribution in [2.24, 2.45) is 0 Å². The molecule has 0 bridgehead atoms. The molecule has 1 fully saturated rings. The van der Waals surface area contributed by atoms with E-state index in [0.717, 1.165) is 41.6 Å². The van der Waals surface area contributed by atoms with E-state index in [1.807, 2.05) is 18.2 Å². The molecular formula is C15H15N3O3S. The number of hydrogen-bond donors (Lipinski definition) is 2. The monoisotopic (exact) mass is 317 g/mol. The number of fused-ring (bicyclic) bond motifs is 1. The van der Waals surface area contributed by atoms with Gasteiger partial charge in [0.15, 0.2) is 11.5 Å². The second-order valence-corrected chi connectivity index (χ2v) is 6.13. The quantitative estimate of drug-likeness (QED) is 0.900. The molecule has 0 saturated carbocycles. The Morgan fingerprint density at radius 2 is 2.27 bits per heavy atom. The summed E-state index contributed by atoms with van der Waals surface area (Å²) in [5.74, 6) is 1.35.